The van der Waals surface area contributed by atoms with Gasteiger partial charge in [-0.1, -0.05) is 12.1 Å². The Kier molecular flexibility index (Phi) is 3.10. The highest BCUT2D eigenvalue weighted by Gasteiger charge is 2.23. The Bertz CT molecular complexity index is 383. The van der Waals surface area contributed by atoms with Crippen LogP contribution < -0.4 is 0 Å². The molecular formula is C12H13BrO2. The summed E-state index contributed by atoms with van der Waals surface area (Å²) in [5, 5.41) is 0. The monoisotopic (exact) mass is 268 g/mol. The second-order valence-corrected chi connectivity index (χ2v) is 4.69. The minimum Gasteiger partial charge on any atom is -0.459 e. The van der Waals surface area contributed by atoms with Crippen molar-refractivity contribution >= 4 is 21.9 Å². The molecule has 2 nitrogen and oxygen atoms in total. The van der Waals surface area contributed by atoms with Crippen LogP contribution in [-0.2, 0) is 4.74 Å². The van der Waals surface area contributed by atoms with Crippen molar-refractivity contribution in [3.05, 3.63) is 33.8 Å². The van der Waals surface area contributed by atoms with E-state index in [0.29, 0.717) is 5.56 Å². The Hall–Kier alpha value is -0.830. The first-order chi connectivity index (χ1) is 7.18. The van der Waals surface area contributed by atoms with Crippen LogP contribution in [0.1, 0.15) is 35.2 Å². The minimum atomic E-state index is -0.213. The molecule has 1 aliphatic rings. The molecule has 0 unspecified atom stereocenters. The zero-order chi connectivity index (χ0) is 10.8. The lowest BCUT2D eigenvalue weighted by atomic mass is 9.96. The fourth-order valence-electron chi connectivity index (χ4n) is 1.51. The Morgan fingerprint density at radius 1 is 1.47 bits per heavy atom. The van der Waals surface area contributed by atoms with E-state index < -0.39 is 0 Å². The van der Waals surface area contributed by atoms with Crippen molar-refractivity contribution in [1.29, 1.82) is 0 Å². The summed E-state index contributed by atoms with van der Waals surface area (Å²) in [4.78, 5) is 11.8. The van der Waals surface area contributed by atoms with Gasteiger partial charge >= 0.3 is 5.97 Å². The summed E-state index contributed by atoms with van der Waals surface area (Å²) in [5.74, 6) is -0.213. The van der Waals surface area contributed by atoms with Gasteiger partial charge in [-0.2, -0.15) is 0 Å². The van der Waals surface area contributed by atoms with Crippen molar-refractivity contribution in [2.45, 2.75) is 32.3 Å². The maximum Gasteiger partial charge on any atom is 0.339 e. The molecule has 3 heteroatoms. The average Bonchev–Trinajstić information content (AvgIpc) is 2.15. The molecule has 0 heterocycles. The van der Waals surface area contributed by atoms with Crippen LogP contribution in [0.25, 0.3) is 0 Å². The molecule has 80 valence electrons. The normalized spacial score (nSPS) is 15.9. The Morgan fingerprint density at radius 3 is 2.80 bits per heavy atom. The van der Waals surface area contributed by atoms with Crippen molar-refractivity contribution in [3.8, 4) is 0 Å². The third kappa shape index (κ3) is 2.23. The molecule has 1 fully saturated rings. The van der Waals surface area contributed by atoms with Crippen LogP contribution in [0.3, 0.4) is 0 Å². The fourth-order valence-corrected chi connectivity index (χ4v) is 1.93. The molecule has 1 aromatic rings. The van der Waals surface area contributed by atoms with E-state index in [1.807, 2.05) is 19.1 Å². The van der Waals surface area contributed by atoms with Gasteiger partial charge < -0.3 is 4.74 Å². The van der Waals surface area contributed by atoms with Crippen LogP contribution >= 0.6 is 15.9 Å². The van der Waals surface area contributed by atoms with E-state index in [2.05, 4.69) is 15.9 Å². The van der Waals surface area contributed by atoms with Gasteiger partial charge in [0.2, 0.25) is 0 Å². The van der Waals surface area contributed by atoms with E-state index >= 15 is 0 Å². The molecule has 0 aliphatic heterocycles. The Morgan fingerprint density at radius 2 is 2.20 bits per heavy atom. The number of hydrogen-bond acceptors (Lipinski definition) is 2. The molecule has 0 saturated heterocycles. The third-order valence-electron chi connectivity index (χ3n) is 2.74. The summed E-state index contributed by atoms with van der Waals surface area (Å²) in [6.07, 6.45) is 3.34. The molecule has 1 aromatic carbocycles. The highest BCUT2D eigenvalue weighted by Crippen LogP contribution is 2.26. The highest BCUT2D eigenvalue weighted by atomic mass is 79.9. The molecule has 0 radical (unpaired) electrons. The number of halogens is 1. The number of aryl methyl sites for hydroxylation is 1. The van der Waals surface area contributed by atoms with E-state index in [-0.39, 0.29) is 12.1 Å². The standard InChI is InChI=1S/C12H13BrO2/c1-8-4-2-7-10(11(8)13)12(14)15-9-5-3-6-9/h2,4,7,9H,3,5-6H2,1H3. The van der Waals surface area contributed by atoms with Crippen molar-refractivity contribution < 1.29 is 9.53 Å². The first-order valence-electron chi connectivity index (χ1n) is 5.14. The van der Waals surface area contributed by atoms with Gasteiger partial charge in [0, 0.05) is 4.47 Å². The number of carbonyl (C=O) groups is 1. The number of carbonyl (C=O) groups excluding carboxylic acids is 1. The number of rotatable bonds is 2. The van der Waals surface area contributed by atoms with Gasteiger partial charge in [-0.3, -0.25) is 0 Å². The summed E-state index contributed by atoms with van der Waals surface area (Å²) in [7, 11) is 0. The zero-order valence-electron chi connectivity index (χ0n) is 8.63. The summed E-state index contributed by atoms with van der Waals surface area (Å²) < 4.78 is 6.18. The van der Waals surface area contributed by atoms with Gasteiger partial charge in [0.25, 0.3) is 0 Å². The Balaban J connectivity index is 2.13. The van der Waals surface area contributed by atoms with Gasteiger partial charge in [-0.25, -0.2) is 4.79 Å². The van der Waals surface area contributed by atoms with Crippen LogP contribution in [0.15, 0.2) is 22.7 Å². The van der Waals surface area contributed by atoms with E-state index in [0.717, 1.165) is 22.9 Å². The molecular weight excluding hydrogens is 256 g/mol. The van der Waals surface area contributed by atoms with Gasteiger partial charge in [0.1, 0.15) is 6.10 Å². The maximum absolute atomic E-state index is 11.8. The number of ether oxygens (including phenoxy) is 1. The summed E-state index contributed by atoms with van der Waals surface area (Å²) >= 11 is 3.41. The highest BCUT2D eigenvalue weighted by molar-refractivity contribution is 9.10. The smallest absolute Gasteiger partial charge is 0.339 e. The average molecular weight is 269 g/mol. The van der Waals surface area contributed by atoms with Gasteiger partial charge in [0.15, 0.2) is 0 Å². The third-order valence-corrected chi connectivity index (χ3v) is 3.79. The molecule has 0 atom stereocenters. The summed E-state index contributed by atoms with van der Waals surface area (Å²) in [6, 6.07) is 5.62. The van der Waals surface area contributed by atoms with E-state index in [1.165, 1.54) is 6.42 Å². The van der Waals surface area contributed by atoms with E-state index in [1.54, 1.807) is 6.07 Å². The van der Waals surface area contributed by atoms with Gasteiger partial charge in [-0.15, -0.1) is 0 Å². The van der Waals surface area contributed by atoms with E-state index in [9.17, 15) is 4.79 Å². The molecule has 1 aliphatic carbocycles. The molecule has 2 rings (SSSR count). The molecule has 1 saturated carbocycles. The van der Waals surface area contributed by atoms with Crippen LogP contribution in [0.4, 0.5) is 0 Å². The summed E-state index contributed by atoms with van der Waals surface area (Å²) in [5.41, 5.74) is 1.68. The quantitative estimate of drug-likeness (QED) is 0.768. The molecule has 0 bridgehead atoms. The number of esters is 1. The topological polar surface area (TPSA) is 26.3 Å². The van der Waals surface area contributed by atoms with E-state index in [4.69, 9.17) is 4.74 Å². The predicted octanol–water partition coefficient (Wildman–Crippen LogP) is 3.47. The van der Waals surface area contributed by atoms with Gasteiger partial charge in [0.05, 0.1) is 5.56 Å². The lowest BCUT2D eigenvalue weighted by molar-refractivity contribution is 0.00890. The first-order valence-corrected chi connectivity index (χ1v) is 5.94. The molecule has 0 spiro atoms. The largest absolute Gasteiger partial charge is 0.459 e. The minimum absolute atomic E-state index is 0.143. The van der Waals surface area contributed by atoms with Crippen LogP contribution in [0.2, 0.25) is 0 Å². The van der Waals surface area contributed by atoms with Crippen LogP contribution in [0, 0.1) is 6.92 Å². The zero-order valence-corrected chi connectivity index (χ0v) is 10.2. The van der Waals surface area contributed by atoms with Gasteiger partial charge in [-0.05, 0) is 53.7 Å². The Labute approximate surface area is 97.8 Å². The van der Waals surface area contributed by atoms with Crippen LogP contribution in [0.5, 0.6) is 0 Å². The molecule has 0 amide bonds. The van der Waals surface area contributed by atoms with Crippen molar-refractivity contribution in [2.24, 2.45) is 0 Å². The number of benzene rings is 1. The fraction of sp³-hybridized carbons (Fsp3) is 0.417. The molecule has 15 heavy (non-hydrogen) atoms. The summed E-state index contributed by atoms with van der Waals surface area (Å²) in [6.45, 7) is 1.96. The SMILES string of the molecule is Cc1cccc(C(=O)OC2CCC2)c1Br. The molecule has 0 N–H and O–H groups in total. The van der Waals surface area contributed by atoms with Crippen molar-refractivity contribution in [1.82, 2.24) is 0 Å². The lowest BCUT2D eigenvalue weighted by Gasteiger charge is -2.25. The second-order valence-electron chi connectivity index (χ2n) is 3.89. The van der Waals surface area contributed by atoms with Crippen molar-refractivity contribution in [2.75, 3.05) is 0 Å². The predicted molar refractivity (Wildman–Crippen MR) is 61.9 cm³/mol. The maximum atomic E-state index is 11.8. The lowest BCUT2D eigenvalue weighted by Crippen LogP contribution is -2.25. The second kappa shape index (κ2) is 4.35. The first kappa shape index (κ1) is 10.7. The molecule has 0 aromatic heterocycles. The van der Waals surface area contributed by atoms with Crippen molar-refractivity contribution in [3.63, 3.8) is 0 Å². The number of hydrogen-bond donors (Lipinski definition) is 0. The van der Waals surface area contributed by atoms with Crippen LogP contribution in [-0.4, -0.2) is 12.1 Å².